The fourth-order valence-corrected chi connectivity index (χ4v) is 3.99. The van der Waals surface area contributed by atoms with Gasteiger partial charge in [0.2, 0.25) is 5.91 Å². The lowest BCUT2D eigenvalue weighted by Crippen LogP contribution is -2.35. The van der Waals surface area contributed by atoms with Gasteiger partial charge in [-0.05, 0) is 68.8 Å². The number of carbonyl (C=O) groups excluding carboxylic acids is 1. The minimum absolute atomic E-state index is 0.208. The minimum Gasteiger partial charge on any atom is -0.345 e. The standard InChI is InChI=1S/C19H27BrN2O/c1-22(18(23)7-2-15-8-12-21-13-9-15)14-19(10-11-19)16-3-5-17(20)6-4-16/h3-6,15,21H,2,7-14H2,1H3. The van der Waals surface area contributed by atoms with Crippen molar-refractivity contribution in [1.82, 2.24) is 10.2 Å². The van der Waals surface area contributed by atoms with Crippen molar-refractivity contribution in [3.05, 3.63) is 34.3 Å². The van der Waals surface area contributed by atoms with Gasteiger partial charge in [-0.2, -0.15) is 0 Å². The Hall–Kier alpha value is -0.870. The van der Waals surface area contributed by atoms with Crippen LogP contribution in [-0.2, 0) is 10.2 Å². The van der Waals surface area contributed by atoms with Crippen LogP contribution in [0.4, 0.5) is 0 Å². The van der Waals surface area contributed by atoms with Gasteiger partial charge in [-0.25, -0.2) is 0 Å². The summed E-state index contributed by atoms with van der Waals surface area (Å²) < 4.78 is 1.11. The van der Waals surface area contributed by atoms with Crippen molar-refractivity contribution in [2.75, 3.05) is 26.7 Å². The van der Waals surface area contributed by atoms with E-state index in [2.05, 4.69) is 45.5 Å². The predicted molar refractivity (Wildman–Crippen MR) is 97.5 cm³/mol. The van der Waals surface area contributed by atoms with Crippen LogP contribution in [-0.4, -0.2) is 37.5 Å². The Kier molecular flexibility index (Phi) is 5.42. The van der Waals surface area contributed by atoms with Crippen molar-refractivity contribution in [2.45, 2.75) is 43.9 Å². The smallest absolute Gasteiger partial charge is 0.222 e. The molecule has 126 valence electrons. The maximum Gasteiger partial charge on any atom is 0.222 e. The second kappa shape index (κ2) is 7.35. The average Bonchev–Trinajstić information content (AvgIpc) is 3.34. The average molecular weight is 379 g/mol. The molecule has 0 atom stereocenters. The quantitative estimate of drug-likeness (QED) is 0.817. The van der Waals surface area contributed by atoms with E-state index in [0.29, 0.717) is 12.3 Å². The lowest BCUT2D eigenvalue weighted by Gasteiger charge is -2.26. The zero-order chi connectivity index (χ0) is 16.3. The van der Waals surface area contributed by atoms with Crippen LogP contribution in [0.15, 0.2) is 28.7 Å². The van der Waals surface area contributed by atoms with Crippen molar-refractivity contribution >= 4 is 21.8 Å². The first kappa shape index (κ1) is 17.0. The van der Waals surface area contributed by atoms with Crippen LogP contribution in [0.3, 0.4) is 0 Å². The van der Waals surface area contributed by atoms with Crippen LogP contribution in [0.1, 0.15) is 44.1 Å². The number of halogens is 1. The summed E-state index contributed by atoms with van der Waals surface area (Å²) in [5, 5.41) is 3.39. The molecule has 1 aliphatic carbocycles. The van der Waals surface area contributed by atoms with Crippen molar-refractivity contribution in [3.63, 3.8) is 0 Å². The Morgan fingerprint density at radius 2 is 1.91 bits per heavy atom. The normalized spacial score (nSPS) is 20.3. The molecule has 1 aromatic rings. The second-order valence-corrected chi connectivity index (χ2v) is 8.18. The van der Waals surface area contributed by atoms with Gasteiger partial charge in [-0.3, -0.25) is 4.79 Å². The van der Waals surface area contributed by atoms with E-state index in [-0.39, 0.29) is 5.41 Å². The molecule has 0 aromatic heterocycles. The molecule has 0 bridgehead atoms. The van der Waals surface area contributed by atoms with Crippen molar-refractivity contribution in [3.8, 4) is 0 Å². The topological polar surface area (TPSA) is 32.3 Å². The molecular weight excluding hydrogens is 352 g/mol. The van der Waals surface area contributed by atoms with Gasteiger partial charge in [0.25, 0.3) is 0 Å². The van der Waals surface area contributed by atoms with Crippen molar-refractivity contribution in [2.24, 2.45) is 5.92 Å². The van der Waals surface area contributed by atoms with Crippen LogP contribution in [0, 0.1) is 5.92 Å². The summed E-state index contributed by atoms with van der Waals surface area (Å²) in [5.41, 5.74) is 1.58. The molecule has 0 spiro atoms. The van der Waals surface area contributed by atoms with E-state index in [1.807, 2.05) is 11.9 Å². The number of nitrogens with zero attached hydrogens (tertiary/aromatic N) is 1. The molecule has 1 saturated heterocycles. The molecule has 1 saturated carbocycles. The summed E-state index contributed by atoms with van der Waals surface area (Å²) in [6.07, 6.45) is 6.59. The van der Waals surface area contributed by atoms with Crippen LogP contribution in [0.2, 0.25) is 0 Å². The molecule has 0 radical (unpaired) electrons. The molecule has 3 rings (SSSR count). The molecule has 1 N–H and O–H groups in total. The molecule has 2 fully saturated rings. The minimum atomic E-state index is 0.208. The molecular formula is C19H27BrN2O. The number of rotatable bonds is 6. The van der Waals surface area contributed by atoms with Gasteiger partial charge in [-0.15, -0.1) is 0 Å². The van der Waals surface area contributed by atoms with Crippen LogP contribution < -0.4 is 5.32 Å². The van der Waals surface area contributed by atoms with Gasteiger partial charge in [0, 0.05) is 29.9 Å². The van der Waals surface area contributed by atoms with Crippen molar-refractivity contribution < 1.29 is 4.79 Å². The fourth-order valence-electron chi connectivity index (χ4n) is 3.72. The molecule has 1 aromatic carbocycles. The summed E-state index contributed by atoms with van der Waals surface area (Å²) in [6.45, 7) is 3.09. The van der Waals surface area contributed by atoms with E-state index in [9.17, 15) is 4.79 Å². The van der Waals surface area contributed by atoms with E-state index in [1.54, 1.807) is 0 Å². The highest BCUT2D eigenvalue weighted by Crippen LogP contribution is 2.48. The lowest BCUT2D eigenvalue weighted by molar-refractivity contribution is -0.130. The maximum absolute atomic E-state index is 12.5. The maximum atomic E-state index is 12.5. The number of hydrogen-bond acceptors (Lipinski definition) is 2. The summed E-state index contributed by atoms with van der Waals surface area (Å²) in [5.74, 6) is 1.04. The Morgan fingerprint density at radius 3 is 2.52 bits per heavy atom. The first-order valence-corrected chi connectivity index (χ1v) is 9.59. The third kappa shape index (κ3) is 4.36. The molecule has 4 heteroatoms. The number of amides is 1. The van der Waals surface area contributed by atoms with Gasteiger partial charge >= 0.3 is 0 Å². The van der Waals surface area contributed by atoms with Crippen LogP contribution in [0.25, 0.3) is 0 Å². The highest BCUT2D eigenvalue weighted by molar-refractivity contribution is 9.10. The highest BCUT2D eigenvalue weighted by Gasteiger charge is 2.45. The second-order valence-electron chi connectivity index (χ2n) is 7.27. The van der Waals surface area contributed by atoms with E-state index in [4.69, 9.17) is 0 Å². The molecule has 1 heterocycles. The zero-order valence-corrected chi connectivity index (χ0v) is 15.6. The summed E-state index contributed by atoms with van der Waals surface area (Å²) >= 11 is 3.50. The number of carbonyl (C=O) groups is 1. The summed E-state index contributed by atoms with van der Waals surface area (Å²) in [6, 6.07) is 8.61. The van der Waals surface area contributed by atoms with E-state index in [1.165, 1.54) is 31.2 Å². The molecule has 0 unspecified atom stereocenters. The van der Waals surface area contributed by atoms with Gasteiger partial charge in [0.05, 0.1) is 0 Å². The van der Waals surface area contributed by atoms with Gasteiger partial charge < -0.3 is 10.2 Å². The number of likely N-dealkylation sites (N-methyl/N-ethyl adjacent to an activating group) is 1. The third-order valence-electron chi connectivity index (χ3n) is 5.50. The molecule has 3 nitrogen and oxygen atoms in total. The Morgan fingerprint density at radius 1 is 1.26 bits per heavy atom. The Balaban J connectivity index is 1.50. The Bertz CT molecular complexity index is 533. The first-order valence-electron chi connectivity index (χ1n) is 8.80. The van der Waals surface area contributed by atoms with Crippen LogP contribution >= 0.6 is 15.9 Å². The Labute approximate surface area is 148 Å². The molecule has 2 aliphatic rings. The van der Waals surface area contributed by atoms with Crippen LogP contribution in [0.5, 0.6) is 0 Å². The lowest BCUT2D eigenvalue weighted by atomic mass is 9.92. The number of benzene rings is 1. The van der Waals surface area contributed by atoms with E-state index < -0.39 is 0 Å². The number of hydrogen-bond donors (Lipinski definition) is 1. The molecule has 1 amide bonds. The number of nitrogens with one attached hydrogen (secondary N) is 1. The molecule has 23 heavy (non-hydrogen) atoms. The van der Waals surface area contributed by atoms with E-state index >= 15 is 0 Å². The SMILES string of the molecule is CN(CC1(c2ccc(Br)cc2)CC1)C(=O)CCC1CCNCC1. The summed E-state index contributed by atoms with van der Waals surface area (Å²) in [7, 11) is 1.98. The number of piperidine rings is 1. The fraction of sp³-hybridized carbons (Fsp3) is 0.632. The predicted octanol–water partition coefficient (Wildman–Crippen LogP) is 3.72. The molecule has 1 aliphatic heterocycles. The zero-order valence-electron chi connectivity index (χ0n) is 14.0. The largest absolute Gasteiger partial charge is 0.345 e. The van der Waals surface area contributed by atoms with Gasteiger partial charge in [0.1, 0.15) is 0 Å². The van der Waals surface area contributed by atoms with Gasteiger partial charge in [0.15, 0.2) is 0 Å². The summed E-state index contributed by atoms with van der Waals surface area (Å²) in [4.78, 5) is 14.4. The van der Waals surface area contributed by atoms with E-state index in [0.717, 1.165) is 36.4 Å². The first-order chi connectivity index (χ1) is 11.1. The van der Waals surface area contributed by atoms with Crippen molar-refractivity contribution in [1.29, 1.82) is 0 Å². The monoisotopic (exact) mass is 378 g/mol. The highest BCUT2D eigenvalue weighted by atomic mass is 79.9. The van der Waals surface area contributed by atoms with Gasteiger partial charge in [-0.1, -0.05) is 28.1 Å². The third-order valence-corrected chi connectivity index (χ3v) is 6.03.